The third-order valence-corrected chi connectivity index (χ3v) is 3.64. The Labute approximate surface area is 118 Å². The Morgan fingerprint density at radius 1 is 1.30 bits per heavy atom. The molecule has 0 saturated carbocycles. The topological polar surface area (TPSA) is 24.5 Å². The van der Waals surface area contributed by atoms with E-state index >= 15 is 0 Å². The van der Waals surface area contributed by atoms with Crippen LogP contribution in [0.2, 0.25) is 0 Å². The predicted octanol–water partition coefficient (Wildman–Crippen LogP) is 2.69. The van der Waals surface area contributed by atoms with Crippen LogP contribution in [0.15, 0.2) is 12.1 Å². The summed E-state index contributed by atoms with van der Waals surface area (Å²) in [5.74, 6) is -0.975. The Bertz CT molecular complexity index is 430. The number of ether oxygens (including phenoxy) is 1. The molecule has 20 heavy (non-hydrogen) atoms. The van der Waals surface area contributed by atoms with E-state index in [-0.39, 0.29) is 11.7 Å². The maximum absolute atomic E-state index is 14.3. The first-order chi connectivity index (χ1) is 9.67. The van der Waals surface area contributed by atoms with E-state index in [2.05, 4.69) is 5.32 Å². The lowest BCUT2D eigenvalue weighted by molar-refractivity contribution is 0.0922. The number of morpholine rings is 1. The van der Waals surface area contributed by atoms with Crippen molar-refractivity contribution in [3.63, 3.8) is 0 Å². The monoisotopic (exact) mass is 284 g/mol. The fraction of sp³-hybridized carbons (Fsp3) is 0.600. The molecule has 0 radical (unpaired) electrons. The molecule has 1 atom stereocenters. The van der Waals surface area contributed by atoms with E-state index in [1.807, 2.05) is 13.8 Å². The molecule has 0 spiro atoms. The fourth-order valence-corrected chi connectivity index (χ4v) is 2.55. The maximum atomic E-state index is 14.3. The maximum Gasteiger partial charge on any atom is 0.149 e. The summed E-state index contributed by atoms with van der Waals surface area (Å²) in [6, 6.07) is 2.87. The summed E-state index contributed by atoms with van der Waals surface area (Å²) in [5, 5.41) is 3.07. The Morgan fingerprint density at radius 3 is 2.60 bits per heavy atom. The number of anilines is 1. The number of benzene rings is 1. The van der Waals surface area contributed by atoms with Crippen molar-refractivity contribution < 1.29 is 13.5 Å². The van der Waals surface area contributed by atoms with Gasteiger partial charge in [-0.3, -0.25) is 0 Å². The van der Waals surface area contributed by atoms with Crippen LogP contribution in [0.4, 0.5) is 14.5 Å². The van der Waals surface area contributed by atoms with Gasteiger partial charge in [-0.2, -0.15) is 0 Å². The zero-order valence-corrected chi connectivity index (χ0v) is 12.1. The molecular weight excluding hydrogens is 262 g/mol. The molecule has 1 saturated heterocycles. The summed E-state index contributed by atoms with van der Waals surface area (Å²) < 4.78 is 33.9. The molecule has 3 nitrogen and oxygen atoms in total. The van der Waals surface area contributed by atoms with Crippen molar-refractivity contribution in [1.82, 2.24) is 5.32 Å². The van der Waals surface area contributed by atoms with Crippen LogP contribution in [0.3, 0.4) is 0 Å². The molecule has 1 unspecified atom stereocenters. The van der Waals surface area contributed by atoms with Crippen molar-refractivity contribution in [3.8, 4) is 0 Å². The Morgan fingerprint density at radius 2 is 2.00 bits per heavy atom. The van der Waals surface area contributed by atoms with Crippen LogP contribution in [0.25, 0.3) is 0 Å². The van der Waals surface area contributed by atoms with Crippen molar-refractivity contribution in [2.45, 2.75) is 32.9 Å². The number of hydrogen-bond acceptors (Lipinski definition) is 3. The fourth-order valence-electron chi connectivity index (χ4n) is 2.55. The van der Waals surface area contributed by atoms with E-state index in [0.29, 0.717) is 31.9 Å². The van der Waals surface area contributed by atoms with Crippen LogP contribution >= 0.6 is 0 Å². The van der Waals surface area contributed by atoms with Crippen molar-refractivity contribution >= 4 is 5.69 Å². The first-order valence-electron chi connectivity index (χ1n) is 7.20. The molecule has 0 aliphatic carbocycles. The van der Waals surface area contributed by atoms with Crippen LogP contribution in [-0.4, -0.2) is 32.3 Å². The predicted molar refractivity (Wildman–Crippen MR) is 76.0 cm³/mol. The number of rotatable bonds is 5. The number of nitrogens with zero attached hydrogens (tertiary/aromatic N) is 1. The van der Waals surface area contributed by atoms with Crippen LogP contribution in [0, 0.1) is 11.6 Å². The average Bonchev–Trinajstić information content (AvgIpc) is 2.45. The van der Waals surface area contributed by atoms with Crippen LogP contribution in [0.1, 0.15) is 25.8 Å². The molecule has 5 heteroatoms. The van der Waals surface area contributed by atoms with E-state index in [9.17, 15) is 8.78 Å². The molecule has 1 aliphatic rings. The largest absolute Gasteiger partial charge is 0.377 e. The molecule has 2 rings (SSSR count). The van der Waals surface area contributed by atoms with E-state index in [1.165, 1.54) is 12.1 Å². The highest BCUT2D eigenvalue weighted by Crippen LogP contribution is 2.28. The third-order valence-electron chi connectivity index (χ3n) is 3.64. The van der Waals surface area contributed by atoms with Crippen LogP contribution in [-0.2, 0) is 11.3 Å². The lowest BCUT2D eigenvalue weighted by Gasteiger charge is -2.37. The highest BCUT2D eigenvalue weighted by Gasteiger charge is 2.26. The second-order valence-electron chi connectivity index (χ2n) is 5.02. The summed E-state index contributed by atoms with van der Waals surface area (Å²) in [4.78, 5) is 1.80. The standard InChI is InChI=1S/C15H22F2N2O/c1-3-12-10-20-6-5-19(12)15-13(16)7-11(8-14(15)17)9-18-4-2/h7-8,12,18H,3-6,9-10H2,1-2H3. The molecule has 0 bridgehead atoms. The van der Waals surface area contributed by atoms with E-state index in [0.717, 1.165) is 13.0 Å². The lowest BCUT2D eigenvalue weighted by atomic mass is 10.1. The van der Waals surface area contributed by atoms with Crippen molar-refractivity contribution in [1.29, 1.82) is 0 Å². The van der Waals surface area contributed by atoms with Gasteiger partial charge in [0.15, 0.2) is 0 Å². The molecule has 1 aromatic carbocycles. The number of nitrogens with one attached hydrogen (secondary N) is 1. The van der Waals surface area contributed by atoms with Gasteiger partial charge in [-0.25, -0.2) is 8.78 Å². The first kappa shape index (κ1) is 15.2. The highest BCUT2D eigenvalue weighted by molar-refractivity contribution is 5.52. The smallest absolute Gasteiger partial charge is 0.149 e. The lowest BCUT2D eigenvalue weighted by Crippen LogP contribution is -2.46. The molecule has 1 aromatic rings. The third kappa shape index (κ3) is 3.27. The van der Waals surface area contributed by atoms with Gasteiger partial charge in [-0.1, -0.05) is 13.8 Å². The van der Waals surface area contributed by atoms with Gasteiger partial charge in [-0.05, 0) is 30.7 Å². The molecule has 1 fully saturated rings. The second kappa shape index (κ2) is 6.99. The minimum absolute atomic E-state index is 0.0346. The first-order valence-corrected chi connectivity index (χ1v) is 7.20. The van der Waals surface area contributed by atoms with E-state index in [1.54, 1.807) is 4.90 Å². The van der Waals surface area contributed by atoms with Gasteiger partial charge >= 0.3 is 0 Å². The molecule has 1 aliphatic heterocycles. The summed E-state index contributed by atoms with van der Waals surface area (Å²) in [6.07, 6.45) is 0.804. The Balaban J connectivity index is 2.26. The SMILES string of the molecule is CCNCc1cc(F)c(N2CCOCC2CC)c(F)c1. The van der Waals surface area contributed by atoms with Gasteiger partial charge < -0.3 is 15.0 Å². The van der Waals surface area contributed by atoms with E-state index in [4.69, 9.17) is 4.74 Å². The molecule has 112 valence electrons. The van der Waals surface area contributed by atoms with Gasteiger partial charge in [0, 0.05) is 13.1 Å². The van der Waals surface area contributed by atoms with Crippen molar-refractivity contribution in [2.24, 2.45) is 0 Å². The normalized spacial score (nSPS) is 19.4. The molecule has 1 heterocycles. The average molecular weight is 284 g/mol. The van der Waals surface area contributed by atoms with Crippen molar-refractivity contribution in [3.05, 3.63) is 29.3 Å². The van der Waals surface area contributed by atoms with Gasteiger partial charge in [0.05, 0.1) is 19.3 Å². The van der Waals surface area contributed by atoms with Gasteiger partial charge in [-0.15, -0.1) is 0 Å². The van der Waals surface area contributed by atoms with Crippen molar-refractivity contribution in [2.75, 3.05) is 31.2 Å². The second-order valence-corrected chi connectivity index (χ2v) is 5.02. The number of hydrogen-bond donors (Lipinski definition) is 1. The highest BCUT2D eigenvalue weighted by atomic mass is 19.1. The Kier molecular flexibility index (Phi) is 5.31. The van der Waals surface area contributed by atoms with Gasteiger partial charge in [0.2, 0.25) is 0 Å². The van der Waals surface area contributed by atoms with Gasteiger partial charge in [0.25, 0.3) is 0 Å². The molecule has 1 N–H and O–H groups in total. The Hall–Kier alpha value is -1.20. The minimum Gasteiger partial charge on any atom is -0.377 e. The zero-order valence-electron chi connectivity index (χ0n) is 12.1. The van der Waals surface area contributed by atoms with Gasteiger partial charge in [0.1, 0.15) is 17.3 Å². The van der Waals surface area contributed by atoms with Crippen LogP contribution in [0.5, 0.6) is 0 Å². The molecule has 0 aromatic heterocycles. The minimum atomic E-state index is -0.488. The van der Waals surface area contributed by atoms with E-state index < -0.39 is 11.6 Å². The molecular formula is C15H22F2N2O. The number of halogens is 2. The molecule has 0 amide bonds. The summed E-state index contributed by atoms with van der Waals surface area (Å²) >= 11 is 0. The summed E-state index contributed by atoms with van der Waals surface area (Å²) in [7, 11) is 0. The summed E-state index contributed by atoms with van der Waals surface area (Å²) in [6.45, 7) is 6.77. The van der Waals surface area contributed by atoms with Crippen LogP contribution < -0.4 is 10.2 Å². The zero-order chi connectivity index (χ0) is 14.5. The quantitative estimate of drug-likeness (QED) is 0.899. The summed E-state index contributed by atoms with van der Waals surface area (Å²) in [5.41, 5.74) is 0.715.